The first-order valence-electron chi connectivity index (χ1n) is 8.69. The summed E-state index contributed by atoms with van der Waals surface area (Å²) < 4.78 is 7.71. The summed E-state index contributed by atoms with van der Waals surface area (Å²) in [6.07, 6.45) is 0. The fourth-order valence-electron chi connectivity index (χ4n) is 3.09. The Morgan fingerprint density at radius 3 is 2.46 bits per heavy atom. The maximum absolute atomic E-state index is 5.86. The summed E-state index contributed by atoms with van der Waals surface area (Å²) in [6.45, 7) is 4.60. The number of aryl methyl sites for hydroxylation is 3. The zero-order chi connectivity index (χ0) is 18.1. The predicted molar refractivity (Wildman–Crippen MR) is 104 cm³/mol. The largest absolute Gasteiger partial charge is 0.487 e. The standard InChI is InChI=1S/C22H21N3O/c1-15-12-18-6-4-5-7-21(18)23-22(15)17-8-10-20(11-9-17)26-14-19-13-16(2)25(3)24-19/h4-13H,14H2,1-3H3. The molecule has 130 valence electrons. The molecule has 0 unspecified atom stereocenters. The number of pyridine rings is 1. The second-order valence-electron chi connectivity index (χ2n) is 6.56. The molecule has 2 heterocycles. The maximum atomic E-state index is 5.86. The first-order chi connectivity index (χ1) is 12.6. The van der Waals surface area contributed by atoms with Crippen LogP contribution in [0.25, 0.3) is 22.2 Å². The topological polar surface area (TPSA) is 39.9 Å². The Bertz CT molecular complexity index is 1050. The van der Waals surface area contributed by atoms with E-state index in [1.807, 2.05) is 55.1 Å². The highest BCUT2D eigenvalue weighted by Gasteiger charge is 2.07. The van der Waals surface area contributed by atoms with Crippen LogP contribution in [0.4, 0.5) is 0 Å². The van der Waals surface area contributed by atoms with Gasteiger partial charge in [-0.3, -0.25) is 4.68 Å². The highest BCUT2D eigenvalue weighted by molar-refractivity contribution is 5.83. The molecule has 2 aromatic carbocycles. The molecule has 0 amide bonds. The number of hydrogen-bond acceptors (Lipinski definition) is 3. The molecule has 2 aromatic heterocycles. The molecule has 26 heavy (non-hydrogen) atoms. The number of hydrogen-bond donors (Lipinski definition) is 0. The zero-order valence-corrected chi connectivity index (χ0v) is 15.2. The quantitative estimate of drug-likeness (QED) is 0.533. The van der Waals surface area contributed by atoms with Crippen LogP contribution in [0.3, 0.4) is 0 Å². The van der Waals surface area contributed by atoms with Crippen molar-refractivity contribution in [2.75, 3.05) is 0 Å². The van der Waals surface area contributed by atoms with Crippen LogP contribution in [0.15, 0.2) is 60.7 Å². The summed E-state index contributed by atoms with van der Waals surface area (Å²) in [5.41, 5.74) is 6.34. The second kappa shape index (κ2) is 6.64. The van der Waals surface area contributed by atoms with E-state index in [1.165, 1.54) is 10.9 Å². The van der Waals surface area contributed by atoms with Crippen LogP contribution in [0.1, 0.15) is 17.0 Å². The Kier molecular flexibility index (Phi) is 4.17. The van der Waals surface area contributed by atoms with Crippen molar-refractivity contribution in [1.29, 1.82) is 0 Å². The summed E-state index contributed by atoms with van der Waals surface area (Å²) in [4.78, 5) is 4.83. The fourth-order valence-corrected chi connectivity index (χ4v) is 3.09. The van der Waals surface area contributed by atoms with E-state index in [9.17, 15) is 0 Å². The molecule has 0 bridgehead atoms. The van der Waals surface area contributed by atoms with E-state index >= 15 is 0 Å². The van der Waals surface area contributed by atoms with Crippen molar-refractivity contribution >= 4 is 10.9 Å². The summed E-state index contributed by atoms with van der Waals surface area (Å²) in [6, 6.07) is 20.5. The van der Waals surface area contributed by atoms with Crippen LogP contribution in [0.5, 0.6) is 5.75 Å². The third kappa shape index (κ3) is 3.18. The van der Waals surface area contributed by atoms with Gasteiger partial charge in [0, 0.05) is 23.7 Å². The average molecular weight is 343 g/mol. The summed E-state index contributed by atoms with van der Waals surface area (Å²) in [7, 11) is 1.94. The highest BCUT2D eigenvalue weighted by atomic mass is 16.5. The van der Waals surface area contributed by atoms with Crippen LogP contribution < -0.4 is 4.74 Å². The molecule has 4 heteroatoms. The van der Waals surface area contributed by atoms with Crippen molar-refractivity contribution in [2.24, 2.45) is 7.05 Å². The molecule has 4 rings (SSSR count). The number of para-hydroxylation sites is 1. The molecule has 4 nitrogen and oxygen atoms in total. The van der Waals surface area contributed by atoms with Gasteiger partial charge < -0.3 is 4.74 Å². The summed E-state index contributed by atoms with van der Waals surface area (Å²) >= 11 is 0. The van der Waals surface area contributed by atoms with Gasteiger partial charge in [0.15, 0.2) is 0 Å². The van der Waals surface area contributed by atoms with Gasteiger partial charge in [0.25, 0.3) is 0 Å². The lowest BCUT2D eigenvalue weighted by Crippen LogP contribution is -1.98. The predicted octanol–water partition coefficient (Wildman–Crippen LogP) is 4.83. The lowest BCUT2D eigenvalue weighted by molar-refractivity contribution is 0.300. The molecule has 0 fully saturated rings. The van der Waals surface area contributed by atoms with Crippen molar-refractivity contribution in [3.8, 4) is 17.0 Å². The number of fused-ring (bicyclic) bond motifs is 1. The molecular weight excluding hydrogens is 322 g/mol. The van der Waals surface area contributed by atoms with E-state index in [-0.39, 0.29) is 0 Å². The SMILES string of the molecule is Cc1cc2ccccc2nc1-c1ccc(OCc2cc(C)n(C)n2)cc1. The number of ether oxygens (including phenoxy) is 1. The van der Waals surface area contributed by atoms with Crippen LogP contribution in [0, 0.1) is 13.8 Å². The van der Waals surface area contributed by atoms with E-state index < -0.39 is 0 Å². The van der Waals surface area contributed by atoms with E-state index in [0.29, 0.717) is 6.61 Å². The van der Waals surface area contributed by atoms with Crippen molar-refractivity contribution in [3.05, 3.63) is 77.6 Å². The van der Waals surface area contributed by atoms with Gasteiger partial charge in [0.05, 0.1) is 11.2 Å². The molecule has 0 saturated heterocycles. The Balaban J connectivity index is 1.55. The number of aromatic nitrogens is 3. The Morgan fingerprint density at radius 1 is 0.962 bits per heavy atom. The molecule has 0 radical (unpaired) electrons. The van der Waals surface area contributed by atoms with Crippen molar-refractivity contribution in [1.82, 2.24) is 14.8 Å². The molecular formula is C22H21N3O. The van der Waals surface area contributed by atoms with Crippen molar-refractivity contribution < 1.29 is 4.74 Å². The normalized spacial score (nSPS) is 11.0. The molecule has 0 aliphatic rings. The van der Waals surface area contributed by atoms with Gasteiger partial charge in [0.1, 0.15) is 18.1 Å². The van der Waals surface area contributed by atoms with Gasteiger partial charge in [-0.15, -0.1) is 0 Å². The van der Waals surface area contributed by atoms with Crippen LogP contribution in [-0.2, 0) is 13.7 Å². The number of rotatable bonds is 4. The third-order valence-corrected chi connectivity index (χ3v) is 4.59. The number of nitrogens with zero attached hydrogens (tertiary/aromatic N) is 3. The van der Waals surface area contributed by atoms with Gasteiger partial charge in [-0.05, 0) is 61.9 Å². The van der Waals surface area contributed by atoms with Gasteiger partial charge >= 0.3 is 0 Å². The smallest absolute Gasteiger partial charge is 0.132 e. The molecule has 0 atom stereocenters. The Hall–Kier alpha value is -3.14. The van der Waals surface area contributed by atoms with Crippen molar-refractivity contribution in [2.45, 2.75) is 20.5 Å². The Labute approximate surface area is 153 Å². The summed E-state index contributed by atoms with van der Waals surface area (Å²) in [5.74, 6) is 0.829. The van der Waals surface area contributed by atoms with E-state index in [1.54, 1.807) is 0 Å². The molecule has 0 aliphatic carbocycles. The maximum Gasteiger partial charge on any atom is 0.132 e. The first-order valence-corrected chi connectivity index (χ1v) is 8.69. The van der Waals surface area contributed by atoms with Crippen LogP contribution in [0.2, 0.25) is 0 Å². The zero-order valence-electron chi connectivity index (χ0n) is 15.2. The van der Waals surface area contributed by atoms with E-state index in [4.69, 9.17) is 9.72 Å². The minimum absolute atomic E-state index is 0.467. The van der Waals surface area contributed by atoms with Gasteiger partial charge in [-0.1, -0.05) is 18.2 Å². The average Bonchev–Trinajstić information content (AvgIpc) is 2.98. The molecule has 0 saturated carbocycles. The van der Waals surface area contributed by atoms with Crippen LogP contribution >= 0.6 is 0 Å². The molecule has 4 aromatic rings. The monoisotopic (exact) mass is 343 g/mol. The summed E-state index contributed by atoms with van der Waals surface area (Å²) in [5, 5.41) is 5.58. The fraction of sp³-hybridized carbons (Fsp3) is 0.182. The Morgan fingerprint density at radius 2 is 1.73 bits per heavy atom. The van der Waals surface area contributed by atoms with Gasteiger partial charge in [-0.25, -0.2) is 4.98 Å². The number of benzene rings is 2. The molecule has 0 aliphatic heterocycles. The minimum Gasteiger partial charge on any atom is -0.487 e. The lowest BCUT2D eigenvalue weighted by Gasteiger charge is -2.09. The molecule has 0 spiro atoms. The third-order valence-electron chi connectivity index (χ3n) is 4.59. The molecule has 0 N–H and O–H groups in total. The van der Waals surface area contributed by atoms with Crippen LogP contribution in [-0.4, -0.2) is 14.8 Å². The highest BCUT2D eigenvalue weighted by Crippen LogP contribution is 2.27. The van der Waals surface area contributed by atoms with Gasteiger partial charge in [0.2, 0.25) is 0 Å². The van der Waals surface area contributed by atoms with Gasteiger partial charge in [-0.2, -0.15) is 5.10 Å². The second-order valence-corrected chi connectivity index (χ2v) is 6.56. The van der Waals surface area contributed by atoms with E-state index in [0.717, 1.165) is 33.9 Å². The minimum atomic E-state index is 0.467. The first kappa shape index (κ1) is 16.3. The van der Waals surface area contributed by atoms with E-state index in [2.05, 4.69) is 36.3 Å². The lowest BCUT2D eigenvalue weighted by atomic mass is 10.0. The van der Waals surface area contributed by atoms with Crippen molar-refractivity contribution in [3.63, 3.8) is 0 Å².